The van der Waals surface area contributed by atoms with Gasteiger partial charge in [-0.3, -0.25) is 10.1 Å². The van der Waals surface area contributed by atoms with E-state index in [4.69, 9.17) is 9.47 Å². The van der Waals surface area contributed by atoms with E-state index < -0.39 is 17.6 Å². The molecule has 0 aliphatic carbocycles. The van der Waals surface area contributed by atoms with E-state index >= 15 is 0 Å². The number of aromatic nitrogens is 2. The minimum atomic E-state index is -0.646. The SMILES string of the molecule is CN(C)/C=N/C(=O)c1cc(NC(=O)OC(C)(C)C)c2cnn(C3CCCCO3)c2c1. The summed E-state index contributed by atoms with van der Waals surface area (Å²) in [4.78, 5) is 30.7. The molecular weight excluding hydrogens is 386 g/mol. The Bertz CT molecular complexity index is 952. The second-order valence-corrected chi connectivity index (χ2v) is 8.51. The first-order valence-electron chi connectivity index (χ1n) is 10.0. The van der Waals surface area contributed by atoms with Crippen LogP contribution in [0.2, 0.25) is 0 Å². The normalized spacial score (nSPS) is 17.3. The maximum atomic E-state index is 12.6. The van der Waals surface area contributed by atoms with Crippen molar-refractivity contribution >= 4 is 34.9 Å². The van der Waals surface area contributed by atoms with Crippen LogP contribution in [0.3, 0.4) is 0 Å². The Morgan fingerprint density at radius 3 is 2.73 bits per heavy atom. The molecule has 0 radical (unpaired) electrons. The number of nitrogens with zero attached hydrogens (tertiary/aromatic N) is 4. The number of amides is 2. The number of benzene rings is 1. The van der Waals surface area contributed by atoms with Gasteiger partial charge in [0.2, 0.25) is 0 Å². The molecule has 0 bridgehead atoms. The van der Waals surface area contributed by atoms with Crippen LogP contribution in [0.5, 0.6) is 0 Å². The first-order valence-corrected chi connectivity index (χ1v) is 10.0. The van der Waals surface area contributed by atoms with Gasteiger partial charge in [-0.25, -0.2) is 9.48 Å². The van der Waals surface area contributed by atoms with Gasteiger partial charge in [0.05, 0.1) is 23.7 Å². The number of hydrogen-bond acceptors (Lipinski definition) is 5. The fraction of sp³-hybridized carbons (Fsp3) is 0.524. The van der Waals surface area contributed by atoms with E-state index in [1.807, 2.05) is 0 Å². The van der Waals surface area contributed by atoms with Crippen molar-refractivity contribution in [2.24, 2.45) is 4.99 Å². The molecule has 1 aliphatic heterocycles. The van der Waals surface area contributed by atoms with Gasteiger partial charge >= 0.3 is 6.09 Å². The van der Waals surface area contributed by atoms with Crippen LogP contribution in [0, 0.1) is 0 Å². The molecule has 1 aromatic heterocycles. The molecule has 1 aliphatic rings. The molecule has 1 fully saturated rings. The highest BCUT2D eigenvalue weighted by atomic mass is 16.6. The number of nitrogens with one attached hydrogen (secondary N) is 1. The monoisotopic (exact) mass is 415 g/mol. The minimum Gasteiger partial charge on any atom is -0.444 e. The average Bonchev–Trinajstić information content (AvgIpc) is 3.09. The molecule has 162 valence electrons. The average molecular weight is 415 g/mol. The molecular formula is C21H29N5O4. The van der Waals surface area contributed by atoms with Gasteiger partial charge in [-0.1, -0.05) is 0 Å². The van der Waals surface area contributed by atoms with E-state index in [0.717, 1.165) is 19.3 Å². The van der Waals surface area contributed by atoms with Gasteiger partial charge in [0.1, 0.15) is 5.60 Å². The van der Waals surface area contributed by atoms with Crippen molar-refractivity contribution in [3.05, 3.63) is 23.9 Å². The Kier molecular flexibility index (Phi) is 6.40. The Balaban J connectivity index is 2.03. The second kappa shape index (κ2) is 8.83. The van der Waals surface area contributed by atoms with Crippen molar-refractivity contribution in [1.29, 1.82) is 0 Å². The third-order valence-electron chi connectivity index (χ3n) is 4.43. The van der Waals surface area contributed by atoms with Gasteiger partial charge in [0.15, 0.2) is 6.23 Å². The summed E-state index contributed by atoms with van der Waals surface area (Å²) < 4.78 is 13.0. The predicted molar refractivity (Wildman–Crippen MR) is 115 cm³/mol. The Hall–Kier alpha value is -2.94. The number of ether oxygens (including phenoxy) is 2. The first kappa shape index (κ1) is 21.8. The third kappa shape index (κ3) is 5.35. The highest BCUT2D eigenvalue weighted by molar-refractivity contribution is 6.06. The van der Waals surface area contributed by atoms with Crippen LogP contribution in [0.4, 0.5) is 10.5 Å². The number of rotatable bonds is 4. The van der Waals surface area contributed by atoms with Gasteiger partial charge in [0, 0.05) is 31.7 Å². The van der Waals surface area contributed by atoms with Gasteiger partial charge in [0.25, 0.3) is 5.91 Å². The van der Waals surface area contributed by atoms with Crippen LogP contribution >= 0.6 is 0 Å². The maximum Gasteiger partial charge on any atom is 0.412 e. The Morgan fingerprint density at radius 1 is 1.33 bits per heavy atom. The zero-order valence-electron chi connectivity index (χ0n) is 18.1. The van der Waals surface area contributed by atoms with E-state index in [1.165, 1.54) is 6.34 Å². The topological polar surface area (TPSA) is 98.0 Å². The summed E-state index contributed by atoms with van der Waals surface area (Å²) in [6, 6.07) is 3.32. The molecule has 9 heteroatoms. The van der Waals surface area contributed by atoms with E-state index in [2.05, 4.69) is 15.4 Å². The zero-order valence-corrected chi connectivity index (χ0v) is 18.1. The summed E-state index contributed by atoms with van der Waals surface area (Å²) in [7, 11) is 3.57. The van der Waals surface area contributed by atoms with Crippen molar-refractivity contribution in [1.82, 2.24) is 14.7 Å². The van der Waals surface area contributed by atoms with Crippen LogP contribution in [-0.2, 0) is 9.47 Å². The number of fused-ring (bicyclic) bond motifs is 1. The summed E-state index contributed by atoms with van der Waals surface area (Å²) in [6.07, 6.45) is 5.19. The van der Waals surface area contributed by atoms with Crippen LogP contribution in [-0.4, -0.2) is 59.3 Å². The van der Waals surface area contributed by atoms with E-state index in [1.54, 1.807) is 62.8 Å². The quantitative estimate of drug-likeness (QED) is 0.602. The summed E-state index contributed by atoms with van der Waals surface area (Å²) >= 11 is 0. The molecule has 0 spiro atoms. The molecule has 0 saturated carbocycles. The molecule has 2 aromatic rings. The van der Waals surface area contributed by atoms with E-state index in [9.17, 15) is 9.59 Å². The molecule has 2 heterocycles. The van der Waals surface area contributed by atoms with Crippen LogP contribution in [0.1, 0.15) is 56.6 Å². The molecule has 3 rings (SSSR count). The summed E-state index contributed by atoms with van der Waals surface area (Å²) in [5.41, 5.74) is 0.822. The number of hydrogen-bond donors (Lipinski definition) is 1. The highest BCUT2D eigenvalue weighted by Gasteiger charge is 2.23. The molecule has 1 aromatic carbocycles. The molecule has 1 N–H and O–H groups in total. The maximum absolute atomic E-state index is 12.6. The lowest BCUT2D eigenvalue weighted by atomic mass is 10.1. The fourth-order valence-corrected chi connectivity index (χ4v) is 3.17. The molecule has 2 amide bonds. The number of aliphatic imine (C=N–C) groups is 1. The van der Waals surface area contributed by atoms with Gasteiger partial charge in [-0.15, -0.1) is 0 Å². The Labute approximate surface area is 176 Å². The lowest BCUT2D eigenvalue weighted by Crippen LogP contribution is -2.27. The molecule has 1 saturated heterocycles. The van der Waals surface area contributed by atoms with Crippen molar-refractivity contribution in [2.45, 2.75) is 51.9 Å². The molecule has 1 unspecified atom stereocenters. The molecule has 30 heavy (non-hydrogen) atoms. The molecule has 9 nitrogen and oxygen atoms in total. The first-order chi connectivity index (χ1) is 14.1. The van der Waals surface area contributed by atoms with Gasteiger partial charge < -0.3 is 14.4 Å². The van der Waals surface area contributed by atoms with E-state index in [-0.39, 0.29) is 6.23 Å². The Morgan fingerprint density at radius 2 is 2.10 bits per heavy atom. The fourth-order valence-electron chi connectivity index (χ4n) is 3.17. The second-order valence-electron chi connectivity index (χ2n) is 8.51. The smallest absolute Gasteiger partial charge is 0.412 e. The molecule has 1 atom stereocenters. The van der Waals surface area contributed by atoms with Crippen molar-refractivity contribution in [2.75, 3.05) is 26.0 Å². The summed E-state index contributed by atoms with van der Waals surface area (Å²) in [6.45, 7) is 6.03. The van der Waals surface area contributed by atoms with Gasteiger partial charge in [-0.05, 0) is 52.2 Å². The highest BCUT2D eigenvalue weighted by Crippen LogP contribution is 2.31. The standard InChI is InChI=1S/C21H29N5O4/c1-21(2,3)30-20(28)24-16-10-14(19(27)22-13-25(4)5)11-17-15(16)12-23-26(17)18-8-6-7-9-29-18/h10-13,18H,6-9H2,1-5H3,(H,24,28)/b22-13+. The largest absolute Gasteiger partial charge is 0.444 e. The summed E-state index contributed by atoms with van der Waals surface area (Å²) in [5, 5.41) is 7.92. The van der Waals surface area contributed by atoms with Crippen LogP contribution < -0.4 is 5.32 Å². The lowest BCUT2D eigenvalue weighted by Gasteiger charge is -2.23. The van der Waals surface area contributed by atoms with Crippen LogP contribution in [0.25, 0.3) is 10.9 Å². The van der Waals surface area contributed by atoms with Crippen molar-refractivity contribution < 1.29 is 19.1 Å². The number of anilines is 1. The predicted octanol–water partition coefficient (Wildman–Crippen LogP) is 3.81. The summed E-state index contributed by atoms with van der Waals surface area (Å²) in [5.74, 6) is -0.421. The van der Waals surface area contributed by atoms with Crippen LogP contribution in [0.15, 0.2) is 23.3 Å². The third-order valence-corrected chi connectivity index (χ3v) is 4.43. The number of carbonyl (C=O) groups is 2. The van der Waals surface area contributed by atoms with E-state index in [0.29, 0.717) is 28.8 Å². The lowest BCUT2D eigenvalue weighted by molar-refractivity contribution is -0.0366. The minimum absolute atomic E-state index is 0.207. The zero-order chi connectivity index (χ0) is 21.9. The van der Waals surface area contributed by atoms with Crippen molar-refractivity contribution in [3.8, 4) is 0 Å². The van der Waals surface area contributed by atoms with Gasteiger partial charge in [-0.2, -0.15) is 10.1 Å². The number of carbonyl (C=O) groups excluding carboxylic acids is 2. The van der Waals surface area contributed by atoms with Crippen molar-refractivity contribution in [3.63, 3.8) is 0 Å².